The van der Waals surface area contributed by atoms with Crippen molar-refractivity contribution in [2.24, 2.45) is 0 Å². The number of carbonyl (C=O) groups is 1. The molecule has 0 bridgehead atoms. The maximum absolute atomic E-state index is 14.1. The summed E-state index contributed by atoms with van der Waals surface area (Å²) in [5.41, 5.74) is 6.56. The number of amides is 1. The predicted octanol–water partition coefficient (Wildman–Crippen LogP) is 4.81. The number of fused-ring (bicyclic) bond motifs is 1. The Kier molecular flexibility index (Phi) is 5.88. The van der Waals surface area contributed by atoms with Crippen LogP contribution in [0.5, 0.6) is 0 Å². The number of rotatable bonds is 4. The van der Waals surface area contributed by atoms with E-state index in [9.17, 15) is 9.90 Å². The number of benzene rings is 3. The van der Waals surface area contributed by atoms with Crippen molar-refractivity contribution in [3.8, 4) is 0 Å². The van der Waals surface area contributed by atoms with E-state index < -0.39 is 5.60 Å². The molecule has 0 spiro atoms. The van der Waals surface area contributed by atoms with Gasteiger partial charge in [0.05, 0.1) is 21.4 Å². The van der Waals surface area contributed by atoms with Crippen molar-refractivity contribution in [1.82, 2.24) is 9.88 Å². The number of carbonyl (C=O) groups excluding carboxylic acids is 1. The predicted molar refractivity (Wildman–Crippen MR) is 139 cm³/mol. The third-order valence-corrected chi connectivity index (χ3v) is 7.65. The Balaban J connectivity index is 1.47. The minimum atomic E-state index is -1.73. The first-order valence-electron chi connectivity index (χ1n) is 11.6. The molecule has 5 nitrogen and oxygen atoms in total. The molecule has 4 aromatic rings. The van der Waals surface area contributed by atoms with Gasteiger partial charge in [-0.1, -0.05) is 54.1 Å². The molecule has 5 rings (SSSR count). The highest BCUT2D eigenvalue weighted by Gasteiger charge is 2.45. The number of anilines is 1. The van der Waals surface area contributed by atoms with E-state index in [0.29, 0.717) is 37.3 Å². The molecule has 1 aliphatic heterocycles. The molecule has 6 heteroatoms. The summed E-state index contributed by atoms with van der Waals surface area (Å²) in [6.45, 7) is 8.50. The van der Waals surface area contributed by atoms with Gasteiger partial charge in [0.15, 0.2) is 5.60 Å². The molecule has 1 fully saturated rings. The zero-order valence-electron chi connectivity index (χ0n) is 19.8. The molecule has 1 N–H and O–H groups in total. The first-order valence-corrected chi connectivity index (χ1v) is 12.5. The van der Waals surface area contributed by atoms with Crippen LogP contribution in [0, 0.1) is 20.8 Å². The van der Waals surface area contributed by atoms with E-state index in [2.05, 4.69) is 16.0 Å². The summed E-state index contributed by atoms with van der Waals surface area (Å²) in [6.07, 6.45) is 0. The van der Waals surface area contributed by atoms with Crippen molar-refractivity contribution in [3.63, 3.8) is 0 Å². The molecule has 1 aliphatic rings. The fourth-order valence-corrected chi connectivity index (χ4v) is 6.14. The van der Waals surface area contributed by atoms with E-state index in [4.69, 9.17) is 0 Å². The van der Waals surface area contributed by atoms with E-state index >= 15 is 0 Å². The summed E-state index contributed by atoms with van der Waals surface area (Å²) < 4.78 is 1.17. The third kappa shape index (κ3) is 3.77. The molecule has 1 atom stereocenters. The second-order valence-corrected chi connectivity index (χ2v) is 9.96. The first-order chi connectivity index (χ1) is 16.4. The van der Waals surface area contributed by atoms with Crippen molar-refractivity contribution in [3.05, 3.63) is 94.0 Å². The summed E-state index contributed by atoms with van der Waals surface area (Å²) >= 11 is 1.64. The smallest absolute Gasteiger partial charge is 0.264 e. The van der Waals surface area contributed by atoms with Gasteiger partial charge in [-0.05, 0) is 49.6 Å². The lowest BCUT2D eigenvalue weighted by molar-refractivity contribution is -0.148. The number of piperazine rings is 1. The van der Waals surface area contributed by atoms with Gasteiger partial charge in [0.1, 0.15) is 0 Å². The average Bonchev–Trinajstić information content (AvgIpc) is 3.32. The van der Waals surface area contributed by atoms with Crippen molar-refractivity contribution < 1.29 is 9.90 Å². The molecule has 0 radical (unpaired) electrons. The van der Waals surface area contributed by atoms with Gasteiger partial charge >= 0.3 is 0 Å². The zero-order valence-corrected chi connectivity index (χ0v) is 20.6. The van der Waals surface area contributed by atoms with Gasteiger partial charge in [-0.2, -0.15) is 0 Å². The average molecular weight is 472 g/mol. The fraction of sp³-hybridized carbons (Fsp3) is 0.286. The molecule has 2 heterocycles. The van der Waals surface area contributed by atoms with Crippen LogP contribution in [0.2, 0.25) is 0 Å². The topological polar surface area (TPSA) is 56.7 Å². The molecule has 34 heavy (non-hydrogen) atoms. The maximum Gasteiger partial charge on any atom is 0.264 e. The number of nitrogens with zero attached hydrogens (tertiary/aromatic N) is 3. The molecule has 1 unspecified atom stereocenters. The van der Waals surface area contributed by atoms with E-state index in [1.165, 1.54) is 4.70 Å². The Hall–Kier alpha value is -3.22. The quantitative estimate of drug-likeness (QED) is 0.464. The SMILES string of the molecule is Cc1cc(C)c(C(O)(C(=O)N2CCN(c3cccc4ncsc34)CC2)c2ccccc2)c(C)c1. The van der Waals surface area contributed by atoms with Crippen LogP contribution in [-0.4, -0.2) is 47.1 Å². The van der Waals surface area contributed by atoms with Gasteiger partial charge in [-0.3, -0.25) is 4.79 Å². The molecule has 1 saturated heterocycles. The van der Waals surface area contributed by atoms with E-state index in [0.717, 1.165) is 27.9 Å². The molecule has 0 aliphatic carbocycles. The summed E-state index contributed by atoms with van der Waals surface area (Å²) in [7, 11) is 0. The van der Waals surface area contributed by atoms with Gasteiger partial charge in [0, 0.05) is 31.7 Å². The largest absolute Gasteiger partial charge is 0.372 e. The standard InChI is InChI=1S/C28H29N3O2S/c1-19-16-20(2)25(21(3)17-19)28(33,22-8-5-4-6-9-22)27(32)31-14-12-30(13-15-31)24-11-7-10-23-26(24)34-18-29-23/h4-11,16-18,33H,12-15H2,1-3H3. The van der Waals surface area contributed by atoms with Crippen LogP contribution in [0.15, 0.2) is 66.2 Å². The van der Waals surface area contributed by atoms with Gasteiger partial charge < -0.3 is 14.9 Å². The second-order valence-electron chi connectivity index (χ2n) is 9.11. The molecule has 3 aromatic carbocycles. The second kappa shape index (κ2) is 8.85. The zero-order chi connectivity index (χ0) is 23.9. The van der Waals surface area contributed by atoms with Crippen molar-refractivity contribution >= 4 is 33.1 Å². The van der Waals surface area contributed by atoms with Crippen LogP contribution < -0.4 is 4.90 Å². The van der Waals surface area contributed by atoms with E-state index in [1.807, 2.05) is 85.8 Å². The monoisotopic (exact) mass is 471 g/mol. The lowest BCUT2D eigenvalue weighted by Gasteiger charge is -2.41. The van der Waals surface area contributed by atoms with Crippen LogP contribution in [0.1, 0.15) is 27.8 Å². The maximum atomic E-state index is 14.1. The lowest BCUT2D eigenvalue weighted by atomic mass is 9.79. The van der Waals surface area contributed by atoms with Crippen LogP contribution in [0.3, 0.4) is 0 Å². The third-order valence-electron chi connectivity index (χ3n) is 6.78. The highest BCUT2D eigenvalue weighted by atomic mass is 32.1. The van der Waals surface area contributed by atoms with Crippen molar-refractivity contribution in [2.45, 2.75) is 26.4 Å². The normalized spacial score (nSPS) is 16.0. The first kappa shape index (κ1) is 22.6. The number of hydrogen-bond donors (Lipinski definition) is 1. The molecule has 1 aromatic heterocycles. The molecule has 0 saturated carbocycles. The molecular weight excluding hydrogens is 442 g/mol. The fourth-order valence-electron chi connectivity index (χ4n) is 5.30. The molecule has 1 amide bonds. The summed E-state index contributed by atoms with van der Waals surface area (Å²) in [5, 5.41) is 12.2. The Morgan fingerprint density at radius 3 is 2.29 bits per heavy atom. The van der Waals surface area contributed by atoms with Gasteiger partial charge in [-0.15, -0.1) is 11.3 Å². The molecular formula is C28H29N3O2S. The Bertz CT molecular complexity index is 1320. The summed E-state index contributed by atoms with van der Waals surface area (Å²) in [4.78, 5) is 22.6. The Morgan fingerprint density at radius 1 is 0.941 bits per heavy atom. The number of aromatic nitrogens is 1. The highest BCUT2D eigenvalue weighted by molar-refractivity contribution is 7.17. The van der Waals surface area contributed by atoms with Crippen LogP contribution in [0.25, 0.3) is 10.2 Å². The number of hydrogen-bond acceptors (Lipinski definition) is 5. The highest BCUT2D eigenvalue weighted by Crippen LogP contribution is 2.37. The van der Waals surface area contributed by atoms with Crippen LogP contribution in [-0.2, 0) is 10.4 Å². The number of aryl methyl sites for hydroxylation is 3. The van der Waals surface area contributed by atoms with Crippen LogP contribution >= 0.6 is 11.3 Å². The number of thiazole rings is 1. The summed E-state index contributed by atoms with van der Waals surface area (Å²) in [6, 6.07) is 19.6. The lowest BCUT2D eigenvalue weighted by Crippen LogP contribution is -2.55. The molecule has 174 valence electrons. The Morgan fingerprint density at radius 2 is 1.62 bits per heavy atom. The minimum Gasteiger partial charge on any atom is -0.372 e. The summed E-state index contributed by atoms with van der Waals surface area (Å²) in [5.74, 6) is -0.260. The van der Waals surface area contributed by atoms with Gasteiger partial charge in [-0.25, -0.2) is 4.98 Å². The Labute approximate surface area is 204 Å². The van der Waals surface area contributed by atoms with Gasteiger partial charge in [0.25, 0.3) is 5.91 Å². The van der Waals surface area contributed by atoms with Crippen molar-refractivity contribution in [2.75, 3.05) is 31.1 Å². The van der Waals surface area contributed by atoms with E-state index in [1.54, 1.807) is 11.3 Å². The van der Waals surface area contributed by atoms with E-state index in [-0.39, 0.29) is 5.91 Å². The van der Waals surface area contributed by atoms with Gasteiger partial charge in [0.2, 0.25) is 0 Å². The number of aliphatic hydroxyl groups is 1. The van der Waals surface area contributed by atoms with Crippen LogP contribution in [0.4, 0.5) is 5.69 Å². The van der Waals surface area contributed by atoms with Crippen molar-refractivity contribution in [1.29, 1.82) is 0 Å². The minimum absolute atomic E-state index is 0.260.